The summed E-state index contributed by atoms with van der Waals surface area (Å²) >= 11 is 7.76. The van der Waals surface area contributed by atoms with Gasteiger partial charge in [0.25, 0.3) is 0 Å². The molecular formula is C21H21ClN2O2S. The van der Waals surface area contributed by atoms with Crippen molar-refractivity contribution >= 4 is 34.5 Å². The van der Waals surface area contributed by atoms with Crippen LogP contribution in [-0.2, 0) is 4.79 Å². The number of halogens is 1. The van der Waals surface area contributed by atoms with Gasteiger partial charge in [-0.1, -0.05) is 48.0 Å². The predicted molar refractivity (Wildman–Crippen MR) is 112 cm³/mol. The Morgan fingerprint density at radius 3 is 2.63 bits per heavy atom. The zero-order valence-corrected chi connectivity index (χ0v) is 16.7. The summed E-state index contributed by atoms with van der Waals surface area (Å²) in [5.74, 6) is 0.503. The molecule has 1 heterocycles. The molecule has 2 aromatic carbocycles. The molecule has 27 heavy (non-hydrogen) atoms. The highest BCUT2D eigenvalue weighted by atomic mass is 35.5. The lowest BCUT2D eigenvalue weighted by atomic mass is 10.1. The van der Waals surface area contributed by atoms with Crippen molar-refractivity contribution in [2.75, 3.05) is 19.0 Å². The van der Waals surface area contributed by atoms with Crippen LogP contribution in [0.1, 0.15) is 22.0 Å². The second-order valence-corrected chi connectivity index (χ2v) is 7.47. The van der Waals surface area contributed by atoms with E-state index in [1.54, 1.807) is 24.5 Å². The third-order valence-electron chi connectivity index (χ3n) is 4.19. The number of hydrogen-bond donors (Lipinski definition) is 2. The average molecular weight is 401 g/mol. The third-order valence-corrected chi connectivity index (χ3v) is 5.53. The lowest BCUT2D eigenvalue weighted by Crippen LogP contribution is -2.33. The number of benzene rings is 2. The number of hydrogen-bond acceptors (Lipinski definition) is 4. The molecule has 0 fully saturated rings. The van der Waals surface area contributed by atoms with Crippen molar-refractivity contribution in [2.24, 2.45) is 0 Å². The number of carbonyl (C=O) groups is 1. The van der Waals surface area contributed by atoms with Gasteiger partial charge in [0.15, 0.2) is 0 Å². The summed E-state index contributed by atoms with van der Waals surface area (Å²) in [6.07, 6.45) is 0. The van der Waals surface area contributed by atoms with Gasteiger partial charge in [0.1, 0.15) is 5.75 Å². The Bertz CT molecular complexity index is 898. The number of anilines is 1. The fourth-order valence-electron chi connectivity index (χ4n) is 2.78. The minimum absolute atomic E-state index is 0.105. The fraction of sp³-hybridized carbons (Fsp3) is 0.190. The van der Waals surface area contributed by atoms with E-state index in [4.69, 9.17) is 16.3 Å². The summed E-state index contributed by atoms with van der Waals surface area (Å²) in [6, 6.07) is 17.4. The summed E-state index contributed by atoms with van der Waals surface area (Å²) in [4.78, 5) is 13.7. The summed E-state index contributed by atoms with van der Waals surface area (Å²) < 4.78 is 5.35. The van der Waals surface area contributed by atoms with Gasteiger partial charge < -0.3 is 15.4 Å². The molecule has 4 nitrogen and oxygen atoms in total. The van der Waals surface area contributed by atoms with E-state index in [-0.39, 0.29) is 18.5 Å². The second-order valence-electron chi connectivity index (χ2n) is 6.08. The maximum atomic E-state index is 12.6. The van der Waals surface area contributed by atoms with Crippen molar-refractivity contribution in [1.29, 1.82) is 0 Å². The van der Waals surface area contributed by atoms with Crippen LogP contribution in [0, 0.1) is 6.92 Å². The van der Waals surface area contributed by atoms with Gasteiger partial charge in [-0.2, -0.15) is 0 Å². The number of aryl methyl sites for hydroxylation is 1. The van der Waals surface area contributed by atoms with Crippen LogP contribution in [0.2, 0.25) is 5.02 Å². The van der Waals surface area contributed by atoms with E-state index in [0.29, 0.717) is 10.8 Å². The van der Waals surface area contributed by atoms with Gasteiger partial charge in [0.05, 0.1) is 25.4 Å². The molecule has 1 aromatic heterocycles. The average Bonchev–Trinajstić information content (AvgIpc) is 3.21. The van der Waals surface area contributed by atoms with Gasteiger partial charge in [-0.15, -0.1) is 11.3 Å². The minimum Gasteiger partial charge on any atom is -0.495 e. The van der Waals surface area contributed by atoms with E-state index in [9.17, 15) is 4.79 Å². The van der Waals surface area contributed by atoms with Gasteiger partial charge in [-0.05, 0) is 35.6 Å². The largest absolute Gasteiger partial charge is 0.495 e. The molecule has 0 radical (unpaired) electrons. The van der Waals surface area contributed by atoms with Crippen molar-refractivity contribution in [3.8, 4) is 5.75 Å². The second kappa shape index (κ2) is 8.93. The first-order chi connectivity index (χ1) is 13.1. The molecule has 1 amide bonds. The Morgan fingerprint density at radius 2 is 1.96 bits per heavy atom. The Balaban J connectivity index is 1.71. The summed E-state index contributed by atoms with van der Waals surface area (Å²) in [5, 5.41) is 8.89. The molecule has 0 aliphatic heterocycles. The molecular weight excluding hydrogens is 380 g/mol. The van der Waals surface area contributed by atoms with E-state index in [0.717, 1.165) is 21.7 Å². The highest BCUT2D eigenvalue weighted by Gasteiger charge is 2.18. The van der Waals surface area contributed by atoms with Crippen LogP contribution in [0.5, 0.6) is 5.75 Å². The molecule has 0 spiro atoms. The van der Waals surface area contributed by atoms with Crippen LogP contribution in [0.4, 0.5) is 5.69 Å². The molecule has 0 aliphatic rings. The zero-order valence-electron chi connectivity index (χ0n) is 15.2. The van der Waals surface area contributed by atoms with Crippen molar-refractivity contribution in [2.45, 2.75) is 13.0 Å². The first kappa shape index (κ1) is 19.3. The highest BCUT2D eigenvalue weighted by Crippen LogP contribution is 2.31. The third kappa shape index (κ3) is 4.81. The molecule has 140 valence electrons. The van der Waals surface area contributed by atoms with E-state index in [1.165, 1.54) is 0 Å². The monoisotopic (exact) mass is 400 g/mol. The van der Waals surface area contributed by atoms with Crippen molar-refractivity contribution in [3.63, 3.8) is 0 Å². The zero-order chi connectivity index (χ0) is 19.2. The maximum absolute atomic E-state index is 12.6. The van der Waals surface area contributed by atoms with Crippen LogP contribution in [0.15, 0.2) is 60.0 Å². The van der Waals surface area contributed by atoms with Crippen LogP contribution in [0.25, 0.3) is 0 Å². The molecule has 0 aliphatic carbocycles. The summed E-state index contributed by atoms with van der Waals surface area (Å²) in [6.45, 7) is 2.04. The number of ether oxygens (including phenoxy) is 1. The first-order valence-electron chi connectivity index (χ1n) is 8.54. The Kier molecular flexibility index (Phi) is 6.37. The van der Waals surface area contributed by atoms with Gasteiger partial charge in [0.2, 0.25) is 5.91 Å². The topological polar surface area (TPSA) is 50.4 Å². The molecule has 0 saturated heterocycles. The Morgan fingerprint density at radius 1 is 1.19 bits per heavy atom. The summed E-state index contributed by atoms with van der Waals surface area (Å²) in [5.41, 5.74) is 2.70. The van der Waals surface area contributed by atoms with Crippen LogP contribution in [0.3, 0.4) is 0 Å². The number of amides is 1. The molecule has 1 unspecified atom stereocenters. The Labute approximate surface area is 168 Å². The van der Waals surface area contributed by atoms with E-state index < -0.39 is 0 Å². The van der Waals surface area contributed by atoms with Crippen LogP contribution >= 0.6 is 22.9 Å². The van der Waals surface area contributed by atoms with E-state index in [2.05, 4.69) is 10.6 Å². The van der Waals surface area contributed by atoms with Gasteiger partial charge in [-0.3, -0.25) is 4.79 Å². The molecule has 0 saturated carbocycles. The molecule has 6 heteroatoms. The van der Waals surface area contributed by atoms with Gasteiger partial charge in [-0.25, -0.2) is 0 Å². The molecule has 3 rings (SSSR count). The lowest BCUT2D eigenvalue weighted by molar-refractivity contribution is -0.119. The maximum Gasteiger partial charge on any atom is 0.240 e. The highest BCUT2D eigenvalue weighted by molar-refractivity contribution is 7.10. The number of methoxy groups -OCH3 is 1. The predicted octanol–water partition coefficient (Wildman–Crippen LogP) is 5.04. The van der Waals surface area contributed by atoms with Crippen LogP contribution in [-0.4, -0.2) is 19.6 Å². The molecule has 0 bridgehead atoms. The number of thiophene rings is 1. The smallest absolute Gasteiger partial charge is 0.240 e. The number of rotatable bonds is 7. The van der Waals surface area contributed by atoms with E-state index in [1.807, 2.05) is 60.8 Å². The van der Waals surface area contributed by atoms with Crippen molar-refractivity contribution in [3.05, 3.63) is 81.0 Å². The quantitative estimate of drug-likeness (QED) is 0.584. The number of nitrogens with one attached hydrogen (secondary N) is 2. The first-order valence-corrected chi connectivity index (χ1v) is 9.80. The van der Waals surface area contributed by atoms with Crippen LogP contribution < -0.4 is 15.4 Å². The molecule has 2 N–H and O–H groups in total. The minimum atomic E-state index is -0.172. The summed E-state index contributed by atoms with van der Waals surface area (Å²) in [7, 11) is 1.58. The fourth-order valence-corrected chi connectivity index (χ4v) is 3.73. The molecule has 3 aromatic rings. The normalized spacial score (nSPS) is 11.7. The molecule has 1 atom stereocenters. The van der Waals surface area contributed by atoms with E-state index >= 15 is 0 Å². The Hall–Kier alpha value is -2.50. The van der Waals surface area contributed by atoms with Crippen molar-refractivity contribution in [1.82, 2.24) is 5.32 Å². The lowest BCUT2D eigenvalue weighted by Gasteiger charge is -2.19. The van der Waals surface area contributed by atoms with Gasteiger partial charge in [0, 0.05) is 16.0 Å². The van der Waals surface area contributed by atoms with Crippen molar-refractivity contribution < 1.29 is 9.53 Å². The SMILES string of the molecule is COc1cc(Cl)c(C)cc1NCC(=O)NC(c1ccccc1)c1cccs1. The number of carbonyl (C=O) groups excluding carboxylic acids is 1. The standard InChI is InChI=1S/C21H21ClN2O2S/c1-14-11-17(18(26-2)12-16(14)22)23-13-20(25)24-21(19-9-6-10-27-19)15-7-4-3-5-8-15/h3-12,21,23H,13H2,1-2H3,(H,24,25). The van der Waals surface area contributed by atoms with Gasteiger partial charge >= 0.3 is 0 Å².